The largest absolute Gasteiger partial charge is 0.481 e. The monoisotopic (exact) mass is 221 g/mol. The first-order valence-corrected chi connectivity index (χ1v) is 6.36. The second-order valence-corrected chi connectivity index (χ2v) is 5.01. The minimum Gasteiger partial charge on any atom is -0.481 e. The Morgan fingerprint density at radius 1 is 1.50 bits per heavy atom. The van der Waals surface area contributed by atoms with Crippen molar-refractivity contribution in [3.05, 3.63) is 0 Å². The molecular formula is C9H18O4P+. The van der Waals surface area contributed by atoms with Gasteiger partial charge in [-0.3, -0.25) is 4.79 Å². The van der Waals surface area contributed by atoms with Gasteiger partial charge in [0.15, 0.2) is 11.8 Å². The molecule has 0 aromatic heterocycles. The van der Waals surface area contributed by atoms with Crippen LogP contribution in [0, 0.1) is 0 Å². The van der Waals surface area contributed by atoms with Gasteiger partial charge < -0.3 is 9.84 Å². The number of hydrogen-bond acceptors (Lipinski definition) is 3. The van der Waals surface area contributed by atoms with E-state index < -0.39 is 13.8 Å². The minimum absolute atomic E-state index is 0.00215. The molecule has 2 atom stereocenters. The van der Waals surface area contributed by atoms with Crippen LogP contribution in [-0.2, 0) is 14.1 Å². The zero-order valence-electron chi connectivity index (χ0n) is 8.73. The Bertz CT molecular complexity index is 193. The number of ether oxygens (including phenoxy) is 1. The summed E-state index contributed by atoms with van der Waals surface area (Å²) in [6.45, 7) is 4.81. The van der Waals surface area contributed by atoms with E-state index in [1.54, 1.807) is 0 Å². The first-order valence-electron chi connectivity index (χ1n) is 4.85. The van der Waals surface area contributed by atoms with E-state index in [9.17, 15) is 9.36 Å². The zero-order valence-corrected chi connectivity index (χ0v) is 9.63. The number of hydrogen-bond donors (Lipinski definition) is 1. The van der Waals surface area contributed by atoms with Crippen LogP contribution in [0.25, 0.3) is 0 Å². The maximum atomic E-state index is 11.6. The molecule has 5 heteroatoms. The fourth-order valence-electron chi connectivity index (χ4n) is 1.13. The van der Waals surface area contributed by atoms with Crippen molar-refractivity contribution in [1.29, 1.82) is 0 Å². The highest BCUT2D eigenvalue weighted by Crippen LogP contribution is 2.32. The lowest BCUT2D eigenvalue weighted by atomic mass is 10.2. The topological polar surface area (TPSA) is 63.6 Å². The van der Waals surface area contributed by atoms with E-state index in [-0.39, 0.29) is 12.1 Å². The standard InChI is InChI=1S/C9H17O4P/c1-3-8(7-9(10)11)14(12)6-5-13-4-2/h8H,3-7H2,1-2H3/p+1. The van der Waals surface area contributed by atoms with E-state index in [0.717, 1.165) is 0 Å². The van der Waals surface area contributed by atoms with Crippen molar-refractivity contribution in [2.75, 3.05) is 19.4 Å². The molecule has 0 aliphatic rings. The van der Waals surface area contributed by atoms with Gasteiger partial charge in [-0.2, -0.15) is 0 Å². The van der Waals surface area contributed by atoms with Gasteiger partial charge in [0, 0.05) is 6.61 Å². The van der Waals surface area contributed by atoms with Crippen molar-refractivity contribution in [1.82, 2.24) is 0 Å². The highest BCUT2D eigenvalue weighted by atomic mass is 31.1. The summed E-state index contributed by atoms with van der Waals surface area (Å²) in [6.07, 6.45) is 1.11. The van der Waals surface area contributed by atoms with Crippen LogP contribution in [-0.4, -0.2) is 36.1 Å². The van der Waals surface area contributed by atoms with E-state index in [1.165, 1.54) is 0 Å². The molecule has 0 saturated heterocycles. The highest BCUT2D eigenvalue weighted by Gasteiger charge is 2.30. The van der Waals surface area contributed by atoms with E-state index >= 15 is 0 Å². The van der Waals surface area contributed by atoms with Crippen LogP contribution in [0.15, 0.2) is 0 Å². The molecule has 0 bridgehead atoms. The van der Waals surface area contributed by atoms with Crippen molar-refractivity contribution in [3.8, 4) is 0 Å². The van der Waals surface area contributed by atoms with Crippen LogP contribution < -0.4 is 0 Å². The molecule has 1 N–H and O–H groups in total. The predicted octanol–water partition coefficient (Wildman–Crippen LogP) is 2.10. The summed E-state index contributed by atoms with van der Waals surface area (Å²) >= 11 is 0. The number of carbonyl (C=O) groups is 1. The molecule has 0 fully saturated rings. The molecule has 0 radical (unpaired) electrons. The molecule has 0 aromatic carbocycles. The first kappa shape index (κ1) is 13.5. The Labute approximate surface area is 85.4 Å². The predicted molar refractivity (Wildman–Crippen MR) is 55.3 cm³/mol. The van der Waals surface area contributed by atoms with Gasteiger partial charge in [-0.25, -0.2) is 0 Å². The van der Waals surface area contributed by atoms with Crippen LogP contribution in [0.3, 0.4) is 0 Å². The Hall–Kier alpha value is -0.470. The summed E-state index contributed by atoms with van der Waals surface area (Å²) in [5.41, 5.74) is -0.206. The van der Waals surface area contributed by atoms with Crippen molar-refractivity contribution in [3.63, 3.8) is 0 Å². The molecule has 0 spiro atoms. The van der Waals surface area contributed by atoms with Gasteiger partial charge >= 0.3 is 13.8 Å². The fraction of sp³-hybridized carbons (Fsp3) is 0.889. The lowest BCUT2D eigenvalue weighted by molar-refractivity contribution is -0.137. The quantitative estimate of drug-likeness (QED) is 0.503. The van der Waals surface area contributed by atoms with Gasteiger partial charge in [-0.05, 0) is 13.3 Å². The minimum atomic E-state index is -1.44. The first-order chi connectivity index (χ1) is 6.61. The molecule has 2 unspecified atom stereocenters. The van der Waals surface area contributed by atoms with Gasteiger partial charge in [-0.15, -0.1) is 0 Å². The molecule has 0 aliphatic heterocycles. The van der Waals surface area contributed by atoms with Crippen molar-refractivity contribution < 1.29 is 19.2 Å². The fourth-order valence-corrected chi connectivity index (χ4v) is 2.57. The Kier molecular flexibility index (Phi) is 7.63. The summed E-state index contributed by atoms with van der Waals surface area (Å²) in [7, 11) is -1.44. The van der Waals surface area contributed by atoms with Crippen molar-refractivity contribution in [2.24, 2.45) is 0 Å². The second-order valence-electron chi connectivity index (χ2n) is 3.00. The number of aliphatic carboxylic acids is 1. The third kappa shape index (κ3) is 6.06. The van der Waals surface area contributed by atoms with Crippen LogP contribution in [0.2, 0.25) is 0 Å². The summed E-state index contributed by atoms with van der Waals surface area (Å²) in [6, 6.07) is 0. The smallest absolute Gasteiger partial charge is 0.344 e. The van der Waals surface area contributed by atoms with E-state index in [1.807, 2.05) is 13.8 Å². The molecule has 0 aromatic rings. The molecule has 0 aliphatic carbocycles. The van der Waals surface area contributed by atoms with Crippen molar-refractivity contribution >= 4 is 13.8 Å². The van der Waals surface area contributed by atoms with E-state index in [2.05, 4.69) is 0 Å². The SMILES string of the molecule is CCOCC[P+](=O)C(CC)CC(=O)O. The summed E-state index contributed by atoms with van der Waals surface area (Å²) in [5, 5.41) is 8.58. The summed E-state index contributed by atoms with van der Waals surface area (Å²) in [4.78, 5) is 10.4. The molecule has 4 nitrogen and oxygen atoms in total. The van der Waals surface area contributed by atoms with Crippen LogP contribution >= 0.6 is 7.80 Å². The average Bonchev–Trinajstić information content (AvgIpc) is 2.14. The average molecular weight is 221 g/mol. The Morgan fingerprint density at radius 3 is 2.57 bits per heavy atom. The van der Waals surface area contributed by atoms with Gasteiger partial charge in [0.1, 0.15) is 0 Å². The van der Waals surface area contributed by atoms with E-state index in [0.29, 0.717) is 25.8 Å². The summed E-state index contributed by atoms with van der Waals surface area (Å²) in [5.74, 6) is -0.878. The van der Waals surface area contributed by atoms with Gasteiger partial charge in [0.05, 0.1) is 13.0 Å². The summed E-state index contributed by atoms with van der Waals surface area (Å²) < 4.78 is 16.7. The van der Waals surface area contributed by atoms with Crippen molar-refractivity contribution in [2.45, 2.75) is 32.3 Å². The lowest BCUT2D eigenvalue weighted by Gasteiger charge is -2.01. The van der Waals surface area contributed by atoms with Crippen LogP contribution in [0.1, 0.15) is 26.7 Å². The Morgan fingerprint density at radius 2 is 2.14 bits per heavy atom. The van der Waals surface area contributed by atoms with Gasteiger partial charge in [0.2, 0.25) is 0 Å². The number of carboxylic acid groups (broad SMARTS) is 1. The van der Waals surface area contributed by atoms with E-state index in [4.69, 9.17) is 9.84 Å². The van der Waals surface area contributed by atoms with Gasteiger partial charge in [-0.1, -0.05) is 11.5 Å². The number of rotatable bonds is 8. The van der Waals surface area contributed by atoms with Crippen LogP contribution in [0.5, 0.6) is 0 Å². The maximum absolute atomic E-state index is 11.6. The molecule has 82 valence electrons. The molecular weight excluding hydrogens is 203 g/mol. The maximum Gasteiger partial charge on any atom is 0.344 e. The second kappa shape index (κ2) is 7.89. The molecule has 14 heavy (non-hydrogen) atoms. The normalized spacial score (nSPS) is 13.7. The third-order valence-corrected chi connectivity index (χ3v) is 3.93. The molecule has 0 heterocycles. The highest BCUT2D eigenvalue weighted by molar-refractivity contribution is 7.45. The number of carboxylic acids is 1. The van der Waals surface area contributed by atoms with Gasteiger partial charge in [0.25, 0.3) is 0 Å². The molecule has 0 saturated carbocycles. The third-order valence-electron chi connectivity index (χ3n) is 1.95. The lowest BCUT2D eigenvalue weighted by Crippen LogP contribution is -2.11. The zero-order chi connectivity index (χ0) is 11.0. The molecule has 0 amide bonds. The molecule has 0 rings (SSSR count). The Balaban J connectivity index is 3.85. The van der Waals surface area contributed by atoms with Crippen LogP contribution in [0.4, 0.5) is 0 Å².